The third-order valence-electron chi connectivity index (χ3n) is 1.33. The fourth-order valence-electron chi connectivity index (χ4n) is 0.894. The van der Waals surface area contributed by atoms with Crippen LogP contribution in [0.5, 0.6) is 0 Å². The van der Waals surface area contributed by atoms with E-state index in [2.05, 4.69) is 11.1 Å². The van der Waals surface area contributed by atoms with Crippen molar-refractivity contribution < 1.29 is 0 Å². The molecule has 1 aromatic heterocycles. The molecule has 4 heteroatoms. The predicted octanol–water partition coefficient (Wildman–Crippen LogP) is 3.14. The van der Waals surface area contributed by atoms with Gasteiger partial charge in [-0.05, 0) is 45.5 Å². The molecule has 1 aromatic carbocycles. The molecule has 14 heavy (non-hydrogen) atoms. The van der Waals surface area contributed by atoms with Crippen LogP contribution in [0.4, 0.5) is 0 Å². The third kappa shape index (κ3) is 3.57. The van der Waals surface area contributed by atoms with Crippen LogP contribution in [0.15, 0.2) is 24.3 Å². The Morgan fingerprint density at radius 2 is 1.79 bits per heavy atom. The van der Waals surface area contributed by atoms with E-state index in [0.717, 1.165) is 9.47 Å². The Bertz CT molecular complexity index is 404. The third-order valence-corrected chi connectivity index (χ3v) is 2.54. The smallest absolute Gasteiger partial charge is 0.159 e. The molecule has 2 aromatic rings. The second-order valence-corrected chi connectivity index (χ2v) is 5.07. The second kappa shape index (κ2) is 5.24. The van der Waals surface area contributed by atoms with Crippen LogP contribution >= 0.6 is 23.6 Å². The van der Waals surface area contributed by atoms with Crippen LogP contribution in [-0.2, 0) is 0 Å². The van der Waals surface area contributed by atoms with E-state index in [0.29, 0.717) is 0 Å². The fourth-order valence-corrected chi connectivity index (χ4v) is 2.01. The molecule has 0 aliphatic carbocycles. The molecular formula is C10H14N2S2. The lowest BCUT2D eigenvalue weighted by Gasteiger charge is -1.90. The summed E-state index contributed by atoms with van der Waals surface area (Å²) in [7, 11) is 6.00. The summed E-state index contributed by atoms with van der Waals surface area (Å²) >= 11 is 6.59. The number of benzene rings is 1. The SMILES string of the molecule is CN(C)C.S=c1[nH]c2ccccc2s1. The van der Waals surface area contributed by atoms with Crippen molar-refractivity contribution in [2.75, 3.05) is 21.1 Å². The molecule has 1 heterocycles. The summed E-state index contributed by atoms with van der Waals surface area (Å²) in [6.07, 6.45) is 0. The van der Waals surface area contributed by atoms with E-state index in [1.807, 2.05) is 44.2 Å². The number of aromatic nitrogens is 1. The zero-order valence-electron chi connectivity index (χ0n) is 8.57. The molecule has 0 saturated heterocycles. The maximum atomic E-state index is 4.98. The quantitative estimate of drug-likeness (QED) is 0.696. The van der Waals surface area contributed by atoms with Gasteiger partial charge in [-0.25, -0.2) is 0 Å². The molecule has 0 unspecified atom stereocenters. The number of para-hydroxylation sites is 1. The lowest BCUT2D eigenvalue weighted by molar-refractivity contribution is 0.505. The van der Waals surface area contributed by atoms with Crippen molar-refractivity contribution in [3.8, 4) is 0 Å². The zero-order chi connectivity index (χ0) is 10.6. The Balaban J connectivity index is 0.000000213. The van der Waals surface area contributed by atoms with E-state index < -0.39 is 0 Å². The van der Waals surface area contributed by atoms with Crippen LogP contribution in [0.25, 0.3) is 10.2 Å². The summed E-state index contributed by atoms with van der Waals surface area (Å²) in [5.74, 6) is 0. The fraction of sp³-hybridized carbons (Fsp3) is 0.300. The number of thiazole rings is 1. The van der Waals surface area contributed by atoms with Gasteiger partial charge in [0.2, 0.25) is 0 Å². The van der Waals surface area contributed by atoms with Crippen LogP contribution in [0.2, 0.25) is 0 Å². The van der Waals surface area contributed by atoms with Crippen molar-refractivity contribution in [3.05, 3.63) is 28.2 Å². The zero-order valence-corrected chi connectivity index (χ0v) is 10.2. The Morgan fingerprint density at radius 1 is 1.21 bits per heavy atom. The molecule has 0 fully saturated rings. The number of hydrogen-bond donors (Lipinski definition) is 1. The normalized spacial score (nSPS) is 10.0. The number of fused-ring (bicyclic) bond motifs is 1. The number of H-pyrrole nitrogens is 1. The molecule has 0 atom stereocenters. The van der Waals surface area contributed by atoms with Gasteiger partial charge in [0.15, 0.2) is 3.95 Å². The Kier molecular flexibility index (Phi) is 4.25. The molecule has 0 bridgehead atoms. The van der Waals surface area contributed by atoms with Crippen molar-refractivity contribution in [1.82, 2.24) is 9.88 Å². The molecular weight excluding hydrogens is 212 g/mol. The van der Waals surface area contributed by atoms with E-state index in [1.54, 1.807) is 11.3 Å². The molecule has 0 spiro atoms. The summed E-state index contributed by atoms with van der Waals surface area (Å²) < 4.78 is 2.08. The van der Waals surface area contributed by atoms with Crippen molar-refractivity contribution >= 4 is 33.8 Å². The number of rotatable bonds is 0. The molecule has 2 nitrogen and oxygen atoms in total. The first-order valence-electron chi connectivity index (χ1n) is 4.28. The van der Waals surface area contributed by atoms with E-state index in [4.69, 9.17) is 12.2 Å². The minimum absolute atomic E-state index is 0.848. The number of nitrogens with one attached hydrogen (secondary N) is 1. The monoisotopic (exact) mass is 226 g/mol. The predicted molar refractivity (Wildman–Crippen MR) is 66.6 cm³/mol. The van der Waals surface area contributed by atoms with E-state index in [-0.39, 0.29) is 0 Å². The van der Waals surface area contributed by atoms with Crippen molar-refractivity contribution in [1.29, 1.82) is 0 Å². The number of aromatic amines is 1. The first-order chi connectivity index (χ1) is 6.59. The molecule has 2 rings (SSSR count). The van der Waals surface area contributed by atoms with Gasteiger partial charge in [0.05, 0.1) is 10.2 Å². The number of nitrogens with zero attached hydrogens (tertiary/aromatic N) is 1. The Labute approximate surface area is 93.2 Å². The Morgan fingerprint density at radius 3 is 2.36 bits per heavy atom. The van der Waals surface area contributed by atoms with Crippen LogP contribution in [-0.4, -0.2) is 31.0 Å². The molecule has 76 valence electrons. The molecule has 0 radical (unpaired) electrons. The highest BCUT2D eigenvalue weighted by Crippen LogP contribution is 2.17. The topological polar surface area (TPSA) is 19.0 Å². The van der Waals surface area contributed by atoms with E-state index >= 15 is 0 Å². The van der Waals surface area contributed by atoms with Crippen LogP contribution < -0.4 is 0 Å². The maximum absolute atomic E-state index is 4.98. The van der Waals surface area contributed by atoms with Crippen LogP contribution in [0, 0.1) is 3.95 Å². The standard InChI is InChI=1S/C7H5NS2.C3H9N/c9-7-8-5-3-1-2-4-6(5)10-7;1-4(2)3/h1-4H,(H,8,9);1-3H3. The highest BCUT2D eigenvalue weighted by atomic mass is 32.1. The van der Waals surface area contributed by atoms with Crippen LogP contribution in [0.1, 0.15) is 0 Å². The van der Waals surface area contributed by atoms with Crippen LogP contribution in [0.3, 0.4) is 0 Å². The van der Waals surface area contributed by atoms with Gasteiger partial charge in [-0.3, -0.25) is 0 Å². The van der Waals surface area contributed by atoms with Crippen molar-refractivity contribution in [2.24, 2.45) is 0 Å². The van der Waals surface area contributed by atoms with Gasteiger partial charge in [0.25, 0.3) is 0 Å². The minimum Gasteiger partial charge on any atom is -0.337 e. The summed E-state index contributed by atoms with van der Waals surface area (Å²) in [6, 6.07) is 8.11. The summed E-state index contributed by atoms with van der Waals surface area (Å²) in [5, 5.41) is 0. The lowest BCUT2D eigenvalue weighted by atomic mass is 10.3. The molecule has 0 aliphatic rings. The molecule has 0 aliphatic heterocycles. The highest BCUT2D eigenvalue weighted by Gasteiger charge is 1.91. The summed E-state index contributed by atoms with van der Waals surface area (Å²) in [5.41, 5.74) is 1.14. The van der Waals surface area contributed by atoms with E-state index in [1.165, 1.54) is 4.70 Å². The van der Waals surface area contributed by atoms with Gasteiger partial charge in [-0.2, -0.15) is 0 Å². The summed E-state index contributed by atoms with van der Waals surface area (Å²) in [6.45, 7) is 0. The second-order valence-electron chi connectivity index (χ2n) is 3.35. The molecule has 0 saturated carbocycles. The largest absolute Gasteiger partial charge is 0.337 e. The first-order valence-corrected chi connectivity index (χ1v) is 5.51. The van der Waals surface area contributed by atoms with Gasteiger partial charge < -0.3 is 9.88 Å². The number of hydrogen-bond acceptors (Lipinski definition) is 3. The lowest BCUT2D eigenvalue weighted by Crippen LogP contribution is -1.99. The van der Waals surface area contributed by atoms with Gasteiger partial charge in [-0.15, -0.1) is 11.3 Å². The molecule has 1 N–H and O–H groups in total. The highest BCUT2D eigenvalue weighted by molar-refractivity contribution is 7.73. The van der Waals surface area contributed by atoms with E-state index in [9.17, 15) is 0 Å². The van der Waals surface area contributed by atoms with Crippen molar-refractivity contribution in [2.45, 2.75) is 0 Å². The van der Waals surface area contributed by atoms with Gasteiger partial charge in [0.1, 0.15) is 0 Å². The van der Waals surface area contributed by atoms with Gasteiger partial charge >= 0.3 is 0 Å². The Hall–Kier alpha value is -0.710. The molecule has 0 amide bonds. The average molecular weight is 226 g/mol. The van der Waals surface area contributed by atoms with Gasteiger partial charge in [0, 0.05) is 0 Å². The minimum atomic E-state index is 0.848. The summed E-state index contributed by atoms with van der Waals surface area (Å²) in [4.78, 5) is 5.09. The average Bonchev–Trinajstić information content (AvgIpc) is 2.42. The maximum Gasteiger partial charge on any atom is 0.159 e. The first kappa shape index (κ1) is 11.4. The van der Waals surface area contributed by atoms with Gasteiger partial charge in [-0.1, -0.05) is 12.1 Å². The van der Waals surface area contributed by atoms with Crippen molar-refractivity contribution in [3.63, 3.8) is 0 Å².